The van der Waals surface area contributed by atoms with Gasteiger partial charge in [0, 0.05) is 24.9 Å². The Hall–Kier alpha value is -0.130. The van der Waals surface area contributed by atoms with Crippen LogP contribution in [0.3, 0.4) is 0 Å². The molecule has 2 N–H and O–H groups in total. The van der Waals surface area contributed by atoms with Gasteiger partial charge in [-0.15, -0.1) is 0 Å². The lowest BCUT2D eigenvalue weighted by Crippen LogP contribution is -2.40. The number of nitrogens with two attached hydrogens (primary N) is 1. The molecule has 0 aliphatic carbocycles. The number of likely N-dealkylation sites (tertiary alicyclic amines) is 1. The Balaban J connectivity index is 2.49. The van der Waals surface area contributed by atoms with Crippen LogP contribution in [0, 0.1) is 0 Å². The second-order valence-corrected chi connectivity index (χ2v) is 6.33. The monoisotopic (exact) mass is 220 g/mol. The highest BCUT2D eigenvalue weighted by atomic mass is 32.2. The minimum atomic E-state index is -2.85. The van der Waals surface area contributed by atoms with Gasteiger partial charge < -0.3 is 5.73 Å². The van der Waals surface area contributed by atoms with E-state index >= 15 is 0 Å². The van der Waals surface area contributed by atoms with E-state index in [9.17, 15) is 8.42 Å². The van der Waals surface area contributed by atoms with Gasteiger partial charge in [0.25, 0.3) is 0 Å². The fraction of sp³-hybridized carbons (Fsp3) is 1.00. The van der Waals surface area contributed by atoms with E-state index in [1.165, 1.54) is 6.26 Å². The zero-order valence-electron chi connectivity index (χ0n) is 8.94. The summed E-state index contributed by atoms with van der Waals surface area (Å²) >= 11 is 0. The Labute approximate surface area is 86.4 Å². The second kappa shape index (κ2) is 4.59. The molecule has 0 aromatic carbocycles. The van der Waals surface area contributed by atoms with Gasteiger partial charge in [-0.05, 0) is 19.4 Å². The third kappa shape index (κ3) is 3.22. The smallest absolute Gasteiger partial charge is 0.147 e. The van der Waals surface area contributed by atoms with Crippen molar-refractivity contribution < 1.29 is 8.42 Å². The van der Waals surface area contributed by atoms with Gasteiger partial charge in [-0.1, -0.05) is 6.92 Å². The molecule has 1 aliphatic rings. The van der Waals surface area contributed by atoms with E-state index in [1.807, 2.05) is 0 Å². The standard InChI is InChI=1S/C9H20N2O2S/c1-3-11-6-4-8(10)9(11)5-7-14(2,12)13/h8-9H,3-7,10H2,1-2H3/t8-,9+/m1/s1. The molecular weight excluding hydrogens is 200 g/mol. The third-order valence-electron chi connectivity index (χ3n) is 2.90. The number of likely N-dealkylation sites (N-methyl/N-ethyl adjacent to an activating group) is 1. The molecule has 0 radical (unpaired) electrons. The molecule has 0 aromatic heterocycles. The highest BCUT2D eigenvalue weighted by molar-refractivity contribution is 7.90. The zero-order chi connectivity index (χ0) is 10.8. The van der Waals surface area contributed by atoms with E-state index in [4.69, 9.17) is 5.73 Å². The van der Waals surface area contributed by atoms with Gasteiger partial charge in [-0.3, -0.25) is 4.90 Å². The predicted octanol–water partition coefficient (Wildman–Crippen LogP) is -0.157. The average Bonchev–Trinajstić information content (AvgIpc) is 2.41. The summed E-state index contributed by atoms with van der Waals surface area (Å²) in [6, 6.07) is 0.409. The minimum absolute atomic E-state index is 0.150. The Kier molecular flexibility index (Phi) is 3.92. The molecule has 1 fully saturated rings. The van der Waals surface area contributed by atoms with Gasteiger partial charge in [0.2, 0.25) is 0 Å². The molecule has 1 saturated heterocycles. The van der Waals surface area contributed by atoms with Crippen LogP contribution in [0.2, 0.25) is 0 Å². The number of sulfone groups is 1. The first kappa shape index (κ1) is 11.9. The van der Waals surface area contributed by atoms with Crippen molar-refractivity contribution in [3.8, 4) is 0 Å². The van der Waals surface area contributed by atoms with Gasteiger partial charge >= 0.3 is 0 Å². The normalized spacial score (nSPS) is 29.6. The maximum Gasteiger partial charge on any atom is 0.147 e. The van der Waals surface area contributed by atoms with Crippen LogP contribution in [-0.4, -0.2) is 50.5 Å². The summed E-state index contributed by atoms with van der Waals surface area (Å²) in [7, 11) is -2.85. The summed E-state index contributed by atoms with van der Waals surface area (Å²) < 4.78 is 22.1. The van der Waals surface area contributed by atoms with Crippen LogP contribution in [0.5, 0.6) is 0 Å². The highest BCUT2D eigenvalue weighted by Gasteiger charge is 2.30. The molecule has 1 aliphatic heterocycles. The second-order valence-electron chi connectivity index (χ2n) is 4.07. The van der Waals surface area contributed by atoms with Crippen molar-refractivity contribution in [1.29, 1.82) is 0 Å². The molecule has 0 aromatic rings. The molecule has 1 heterocycles. The first-order valence-corrected chi connectivity index (χ1v) is 7.17. The van der Waals surface area contributed by atoms with Crippen molar-refractivity contribution in [1.82, 2.24) is 4.90 Å². The molecule has 0 saturated carbocycles. The van der Waals surface area contributed by atoms with Crippen LogP contribution in [0.4, 0.5) is 0 Å². The third-order valence-corrected chi connectivity index (χ3v) is 3.88. The van der Waals surface area contributed by atoms with Gasteiger partial charge in [0.15, 0.2) is 0 Å². The summed E-state index contributed by atoms with van der Waals surface area (Å²) in [6.07, 6.45) is 2.94. The lowest BCUT2D eigenvalue weighted by Gasteiger charge is -2.24. The van der Waals surface area contributed by atoms with Crippen molar-refractivity contribution in [2.45, 2.75) is 31.8 Å². The number of hydrogen-bond acceptors (Lipinski definition) is 4. The van der Waals surface area contributed by atoms with Crippen LogP contribution in [0.1, 0.15) is 19.8 Å². The lowest BCUT2D eigenvalue weighted by molar-refractivity contribution is 0.252. The number of hydrogen-bond donors (Lipinski definition) is 1. The quantitative estimate of drug-likeness (QED) is 0.715. The molecule has 2 atom stereocenters. The molecule has 84 valence electrons. The summed E-state index contributed by atoms with van der Waals surface area (Å²) in [5, 5.41) is 0. The summed E-state index contributed by atoms with van der Waals surface area (Å²) in [4.78, 5) is 2.27. The Bertz CT molecular complexity index is 277. The van der Waals surface area contributed by atoms with Crippen LogP contribution in [-0.2, 0) is 9.84 Å². The van der Waals surface area contributed by atoms with Gasteiger partial charge in [-0.2, -0.15) is 0 Å². The summed E-state index contributed by atoms with van der Waals surface area (Å²) in [5.74, 6) is 0.252. The van der Waals surface area contributed by atoms with Crippen molar-refractivity contribution in [2.75, 3.05) is 25.1 Å². The van der Waals surface area contributed by atoms with E-state index < -0.39 is 9.84 Å². The van der Waals surface area contributed by atoms with Crippen molar-refractivity contribution in [3.05, 3.63) is 0 Å². The molecule has 5 heteroatoms. The summed E-state index contributed by atoms with van der Waals surface area (Å²) in [5.41, 5.74) is 5.94. The van der Waals surface area contributed by atoms with Crippen molar-refractivity contribution in [2.24, 2.45) is 5.73 Å². The van der Waals surface area contributed by atoms with Gasteiger partial charge in [0.05, 0.1) is 5.75 Å². The van der Waals surface area contributed by atoms with E-state index in [2.05, 4.69) is 11.8 Å². The van der Waals surface area contributed by atoms with E-state index in [1.54, 1.807) is 0 Å². The highest BCUT2D eigenvalue weighted by Crippen LogP contribution is 2.19. The lowest BCUT2D eigenvalue weighted by atomic mass is 10.1. The Morgan fingerprint density at radius 2 is 2.14 bits per heavy atom. The van der Waals surface area contributed by atoms with Crippen molar-refractivity contribution >= 4 is 9.84 Å². The molecule has 0 bridgehead atoms. The average molecular weight is 220 g/mol. The van der Waals surface area contributed by atoms with Crippen LogP contribution in [0.25, 0.3) is 0 Å². The maximum absolute atomic E-state index is 11.0. The molecule has 0 unspecified atom stereocenters. The fourth-order valence-electron chi connectivity index (χ4n) is 2.07. The van der Waals surface area contributed by atoms with Crippen molar-refractivity contribution in [3.63, 3.8) is 0 Å². The van der Waals surface area contributed by atoms with E-state index in [0.29, 0.717) is 6.42 Å². The predicted molar refractivity (Wildman–Crippen MR) is 58.0 cm³/mol. The van der Waals surface area contributed by atoms with E-state index in [-0.39, 0.29) is 17.8 Å². The number of nitrogens with zero attached hydrogens (tertiary/aromatic N) is 1. The molecular formula is C9H20N2O2S. The van der Waals surface area contributed by atoms with Crippen LogP contribution >= 0.6 is 0 Å². The molecule has 0 spiro atoms. The van der Waals surface area contributed by atoms with Gasteiger partial charge in [-0.25, -0.2) is 8.42 Å². The maximum atomic E-state index is 11.0. The topological polar surface area (TPSA) is 63.4 Å². The minimum Gasteiger partial charge on any atom is -0.326 e. The molecule has 14 heavy (non-hydrogen) atoms. The number of rotatable bonds is 4. The molecule has 4 nitrogen and oxygen atoms in total. The summed E-state index contributed by atoms with van der Waals surface area (Å²) in [6.45, 7) is 4.06. The van der Waals surface area contributed by atoms with Crippen LogP contribution < -0.4 is 5.73 Å². The first-order chi connectivity index (χ1) is 6.44. The Morgan fingerprint density at radius 1 is 1.50 bits per heavy atom. The molecule has 1 rings (SSSR count). The van der Waals surface area contributed by atoms with E-state index in [0.717, 1.165) is 19.5 Å². The van der Waals surface area contributed by atoms with Crippen LogP contribution in [0.15, 0.2) is 0 Å². The first-order valence-electron chi connectivity index (χ1n) is 5.11. The zero-order valence-corrected chi connectivity index (χ0v) is 9.76. The Morgan fingerprint density at radius 3 is 2.64 bits per heavy atom. The fourth-order valence-corrected chi connectivity index (χ4v) is 2.74. The SMILES string of the molecule is CCN1CC[C@@H](N)[C@@H]1CCS(C)(=O)=O. The molecule has 0 amide bonds. The van der Waals surface area contributed by atoms with Gasteiger partial charge in [0.1, 0.15) is 9.84 Å². The largest absolute Gasteiger partial charge is 0.326 e.